The smallest absolute Gasteiger partial charge is 0.314 e. The van der Waals surface area contributed by atoms with Crippen molar-refractivity contribution in [2.24, 2.45) is 0 Å². The summed E-state index contributed by atoms with van der Waals surface area (Å²) in [6, 6.07) is 12.3. The van der Waals surface area contributed by atoms with E-state index in [1.807, 2.05) is 45.9 Å². The number of carbonyl (C=O) groups excluding carboxylic acids is 3. The van der Waals surface area contributed by atoms with Gasteiger partial charge < -0.3 is 10.6 Å². The minimum atomic E-state index is -0.751. The lowest BCUT2D eigenvalue weighted by Crippen LogP contribution is -2.30. The summed E-state index contributed by atoms with van der Waals surface area (Å²) in [4.78, 5) is 36.1. The molecule has 0 fully saturated rings. The van der Waals surface area contributed by atoms with Gasteiger partial charge in [-0.15, -0.1) is 0 Å². The molecule has 2 amide bonds. The number of Topliss-reactive ketones (excluding diaryl/α,β-unsaturated/α-hetero) is 1. The van der Waals surface area contributed by atoms with Crippen LogP contribution in [0.4, 0.5) is 11.4 Å². The third-order valence-electron chi connectivity index (χ3n) is 4.37. The lowest BCUT2D eigenvalue weighted by atomic mass is 9.92. The number of carbonyl (C=O) groups is 3. The monoisotopic (exact) mass is 366 g/mol. The van der Waals surface area contributed by atoms with E-state index >= 15 is 0 Å². The number of benzene rings is 2. The molecule has 2 rings (SSSR count). The second-order valence-electron chi connectivity index (χ2n) is 7.16. The Labute approximate surface area is 160 Å². The topological polar surface area (TPSA) is 75.3 Å². The van der Waals surface area contributed by atoms with Crippen LogP contribution >= 0.6 is 0 Å². The van der Waals surface area contributed by atoms with Crippen molar-refractivity contribution >= 4 is 29.0 Å². The maximum absolute atomic E-state index is 12.5. The van der Waals surface area contributed by atoms with E-state index in [9.17, 15) is 14.4 Å². The molecule has 2 N–H and O–H groups in total. The van der Waals surface area contributed by atoms with Gasteiger partial charge in [0.2, 0.25) is 0 Å². The minimum absolute atomic E-state index is 0.0582. The van der Waals surface area contributed by atoms with Crippen LogP contribution in [0.1, 0.15) is 67.9 Å². The predicted octanol–water partition coefficient (Wildman–Crippen LogP) is 4.71. The lowest BCUT2D eigenvalue weighted by Gasteiger charge is -2.20. The van der Waals surface area contributed by atoms with Crippen molar-refractivity contribution in [2.45, 2.75) is 46.5 Å². The van der Waals surface area contributed by atoms with Gasteiger partial charge in [0.05, 0.1) is 0 Å². The molecular weight excluding hydrogens is 340 g/mol. The van der Waals surface area contributed by atoms with Gasteiger partial charge in [-0.3, -0.25) is 14.4 Å². The highest BCUT2D eigenvalue weighted by Gasteiger charge is 2.20. The number of hydrogen-bond donors (Lipinski definition) is 2. The van der Waals surface area contributed by atoms with Crippen LogP contribution in [0.25, 0.3) is 0 Å². The Morgan fingerprint density at radius 2 is 1.22 bits per heavy atom. The first-order chi connectivity index (χ1) is 12.7. The summed E-state index contributed by atoms with van der Waals surface area (Å²) in [5.41, 5.74) is 3.70. The van der Waals surface area contributed by atoms with Gasteiger partial charge in [-0.2, -0.15) is 0 Å². The van der Waals surface area contributed by atoms with Crippen molar-refractivity contribution in [2.75, 3.05) is 10.6 Å². The predicted molar refractivity (Wildman–Crippen MR) is 108 cm³/mol. The van der Waals surface area contributed by atoms with Crippen LogP contribution in [0.2, 0.25) is 0 Å². The van der Waals surface area contributed by atoms with E-state index in [1.165, 1.54) is 6.92 Å². The Kier molecular flexibility index (Phi) is 6.50. The van der Waals surface area contributed by atoms with Crippen molar-refractivity contribution in [1.82, 2.24) is 0 Å². The zero-order valence-corrected chi connectivity index (χ0v) is 16.4. The lowest BCUT2D eigenvalue weighted by molar-refractivity contribution is -0.133. The number of amides is 2. The van der Waals surface area contributed by atoms with Gasteiger partial charge in [0.1, 0.15) is 0 Å². The van der Waals surface area contributed by atoms with Crippen molar-refractivity contribution in [3.05, 3.63) is 59.2 Å². The fourth-order valence-electron chi connectivity index (χ4n) is 2.84. The van der Waals surface area contributed by atoms with Crippen LogP contribution in [-0.4, -0.2) is 17.6 Å². The fraction of sp³-hybridized carbons (Fsp3) is 0.318. The van der Waals surface area contributed by atoms with Crippen LogP contribution in [0.5, 0.6) is 0 Å². The van der Waals surface area contributed by atoms with Crippen LogP contribution in [0.3, 0.4) is 0 Å². The largest absolute Gasteiger partial charge is 0.318 e. The zero-order valence-electron chi connectivity index (χ0n) is 16.4. The molecule has 5 nitrogen and oxygen atoms in total. The normalized spacial score (nSPS) is 10.8. The summed E-state index contributed by atoms with van der Waals surface area (Å²) in [7, 11) is 0. The number of rotatable bonds is 5. The van der Waals surface area contributed by atoms with Crippen molar-refractivity contribution in [1.29, 1.82) is 0 Å². The summed E-state index contributed by atoms with van der Waals surface area (Å²) in [5.74, 6) is -1.11. The Morgan fingerprint density at radius 1 is 0.741 bits per heavy atom. The molecule has 27 heavy (non-hydrogen) atoms. The van der Waals surface area contributed by atoms with Gasteiger partial charge in [-0.1, -0.05) is 45.9 Å². The average molecular weight is 366 g/mol. The standard InChI is InChI=1S/C22H26N2O3/c1-13(2)18-7-6-8-19(14(3)4)20(18)24-22(27)21(26)23-17-11-9-16(10-12-17)15(5)25/h6-14H,1-5H3,(H,23,26)(H,24,27). The molecule has 0 radical (unpaired) electrons. The molecule has 142 valence electrons. The number of para-hydroxylation sites is 1. The second kappa shape index (κ2) is 8.62. The van der Waals surface area contributed by atoms with Gasteiger partial charge >= 0.3 is 11.8 Å². The van der Waals surface area contributed by atoms with Gasteiger partial charge in [-0.25, -0.2) is 0 Å². The summed E-state index contributed by atoms with van der Waals surface area (Å²) >= 11 is 0. The van der Waals surface area contributed by atoms with E-state index in [-0.39, 0.29) is 17.6 Å². The average Bonchev–Trinajstić information content (AvgIpc) is 2.61. The molecule has 0 saturated carbocycles. The SMILES string of the molecule is CC(=O)c1ccc(NC(=O)C(=O)Nc2c(C(C)C)cccc2C(C)C)cc1. The van der Waals surface area contributed by atoms with Crippen molar-refractivity contribution < 1.29 is 14.4 Å². The molecule has 0 heterocycles. The van der Waals surface area contributed by atoms with Crippen LogP contribution in [-0.2, 0) is 9.59 Å². The number of ketones is 1. The first-order valence-electron chi connectivity index (χ1n) is 9.06. The Bertz CT molecular complexity index is 826. The third kappa shape index (κ3) is 5.03. The van der Waals surface area contributed by atoms with E-state index in [4.69, 9.17) is 0 Å². The van der Waals surface area contributed by atoms with Crippen LogP contribution in [0.15, 0.2) is 42.5 Å². The molecule has 0 aliphatic heterocycles. The highest BCUT2D eigenvalue weighted by atomic mass is 16.2. The maximum Gasteiger partial charge on any atom is 0.314 e. The van der Waals surface area contributed by atoms with E-state index in [2.05, 4.69) is 10.6 Å². The minimum Gasteiger partial charge on any atom is -0.318 e. The molecule has 0 saturated heterocycles. The molecule has 0 unspecified atom stereocenters. The first kappa shape index (κ1) is 20.4. The Balaban J connectivity index is 2.19. The quantitative estimate of drug-likeness (QED) is 0.594. The van der Waals surface area contributed by atoms with Gasteiger partial charge in [0.25, 0.3) is 0 Å². The van der Waals surface area contributed by atoms with Gasteiger partial charge in [0.15, 0.2) is 5.78 Å². The third-order valence-corrected chi connectivity index (χ3v) is 4.37. The first-order valence-corrected chi connectivity index (χ1v) is 9.06. The molecule has 0 aliphatic carbocycles. The maximum atomic E-state index is 12.5. The molecule has 0 aromatic heterocycles. The molecule has 0 spiro atoms. The fourth-order valence-corrected chi connectivity index (χ4v) is 2.84. The van der Waals surface area contributed by atoms with Crippen molar-refractivity contribution in [3.63, 3.8) is 0 Å². The molecule has 0 bridgehead atoms. The molecule has 2 aromatic rings. The molecule has 0 aliphatic rings. The summed E-state index contributed by atoms with van der Waals surface area (Å²) in [5, 5.41) is 5.35. The molecule has 0 atom stereocenters. The molecule has 2 aromatic carbocycles. The van der Waals surface area contributed by atoms with Crippen LogP contribution < -0.4 is 10.6 Å². The second-order valence-corrected chi connectivity index (χ2v) is 7.16. The van der Waals surface area contributed by atoms with Crippen molar-refractivity contribution in [3.8, 4) is 0 Å². The van der Waals surface area contributed by atoms with E-state index in [1.54, 1.807) is 24.3 Å². The Morgan fingerprint density at radius 3 is 1.67 bits per heavy atom. The number of anilines is 2. The summed E-state index contributed by atoms with van der Waals surface area (Å²) in [6.45, 7) is 9.66. The zero-order chi connectivity index (χ0) is 20.1. The van der Waals surface area contributed by atoms with E-state index in [0.717, 1.165) is 11.1 Å². The number of hydrogen-bond acceptors (Lipinski definition) is 3. The highest BCUT2D eigenvalue weighted by Crippen LogP contribution is 2.32. The molecular formula is C22H26N2O3. The highest BCUT2D eigenvalue weighted by molar-refractivity contribution is 6.43. The number of nitrogens with one attached hydrogen (secondary N) is 2. The van der Waals surface area contributed by atoms with E-state index in [0.29, 0.717) is 16.9 Å². The van der Waals surface area contributed by atoms with Gasteiger partial charge in [0, 0.05) is 16.9 Å². The summed E-state index contributed by atoms with van der Waals surface area (Å²) < 4.78 is 0. The summed E-state index contributed by atoms with van der Waals surface area (Å²) in [6.07, 6.45) is 0. The van der Waals surface area contributed by atoms with Gasteiger partial charge in [-0.05, 0) is 54.2 Å². The van der Waals surface area contributed by atoms with E-state index < -0.39 is 11.8 Å². The molecule has 5 heteroatoms. The van der Waals surface area contributed by atoms with Crippen LogP contribution in [0, 0.1) is 0 Å². The Hall–Kier alpha value is -2.95.